The van der Waals surface area contributed by atoms with Crippen molar-refractivity contribution in [1.29, 1.82) is 0 Å². The minimum Gasteiger partial charge on any atom is -0.381 e. The van der Waals surface area contributed by atoms with E-state index in [-0.39, 0.29) is 16.9 Å². The van der Waals surface area contributed by atoms with Gasteiger partial charge < -0.3 is 16.0 Å². The molecule has 30 heavy (non-hydrogen) atoms. The van der Waals surface area contributed by atoms with Gasteiger partial charge in [0.2, 0.25) is 0 Å². The van der Waals surface area contributed by atoms with Crippen molar-refractivity contribution in [3.8, 4) is 0 Å². The minimum absolute atomic E-state index is 0.0763. The summed E-state index contributed by atoms with van der Waals surface area (Å²) < 4.78 is 3.35. The highest BCUT2D eigenvalue weighted by atomic mass is 35.5. The van der Waals surface area contributed by atoms with Crippen LogP contribution in [0.4, 0.5) is 5.82 Å². The van der Waals surface area contributed by atoms with Crippen molar-refractivity contribution in [1.82, 2.24) is 19.2 Å². The number of rotatable bonds is 3. The zero-order valence-electron chi connectivity index (χ0n) is 16.4. The lowest BCUT2D eigenvalue weighted by atomic mass is 10.1. The molecule has 4 aromatic rings. The Hall–Kier alpha value is -3.39. The number of pyridine rings is 1. The predicted molar refractivity (Wildman–Crippen MR) is 117 cm³/mol. The van der Waals surface area contributed by atoms with E-state index in [1.165, 1.54) is 4.52 Å². The molecule has 1 aliphatic carbocycles. The van der Waals surface area contributed by atoms with Gasteiger partial charge in [-0.1, -0.05) is 30.7 Å². The lowest BCUT2D eigenvalue weighted by Gasteiger charge is -2.12. The van der Waals surface area contributed by atoms with Gasteiger partial charge in [-0.2, -0.15) is 0 Å². The standard InChI is InChI=1S/C14H14ClNO.C7H7N5O/c1-2-10-8-9-4-3-5-12(15)13(9)14(17)16(10)11-6-7-11;8-5-4(6(9)13)7-10-2-1-3-12(7)11-5/h3-5,8,11H,2,6-7H2,1H3;1-3H,(H2,8,11)(H2,9,13). The molecule has 1 aliphatic rings. The van der Waals surface area contributed by atoms with Crippen LogP contribution in [0.25, 0.3) is 16.4 Å². The average Bonchev–Trinajstić information content (AvgIpc) is 3.48. The van der Waals surface area contributed by atoms with E-state index in [1.54, 1.807) is 24.5 Å². The van der Waals surface area contributed by atoms with E-state index >= 15 is 0 Å². The maximum absolute atomic E-state index is 12.5. The first kappa shape index (κ1) is 19.9. The molecule has 5 rings (SSSR count). The number of nitrogens with zero attached hydrogens (tertiary/aromatic N) is 4. The predicted octanol–water partition coefficient (Wildman–Crippen LogP) is 2.96. The normalized spacial score (nSPS) is 13.3. The molecule has 4 N–H and O–H groups in total. The molecule has 0 aliphatic heterocycles. The Morgan fingerprint density at radius 1 is 1.30 bits per heavy atom. The number of amides is 1. The monoisotopic (exact) mass is 424 g/mol. The summed E-state index contributed by atoms with van der Waals surface area (Å²) in [5.41, 5.74) is 12.3. The largest absolute Gasteiger partial charge is 0.381 e. The quantitative estimate of drug-likeness (QED) is 0.523. The van der Waals surface area contributed by atoms with Crippen molar-refractivity contribution in [3.05, 3.63) is 69.4 Å². The third-order valence-electron chi connectivity index (χ3n) is 5.05. The van der Waals surface area contributed by atoms with E-state index in [4.69, 9.17) is 23.1 Å². The number of hydrogen-bond acceptors (Lipinski definition) is 5. The number of primary amides is 1. The number of nitrogen functional groups attached to an aromatic ring is 1. The Morgan fingerprint density at radius 3 is 2.73 bits per heavy atom. The minimum atomic E-state index is -0.619. The number of hydrogen-bond donors (Lipinski definition) is 2. The molecule has 3 aromatic heterocycles. The fourth-order valence-electron chi connectivity index (χ4n) is 3.53. The number of aromatic nitrogens is 4. The number of fused-ring (bicyclic) bond motifs is 2. The molecule has 1 aromatic carbocycles. The summed E-state index contributed by atoms with van der Waals surface area (Å²) in [6, 6.07) is 9.82. The summed E-state index contributed by atoms with van der Waals surface area (Å²) in [5.74, 6) is -0.516. The zero-order chi connectivity index (χ0) is 21.4. The van der Waals surface area contributed by atoms with Crippen molar-refractivity contribution in [3.63, 3.8) is 0 Å². The van der Waals surface area contributed by atoms with Gasteiger partial charge in [0.1, 0.15) is 5.56 Å². The average molecular weight is 425 g/mol. The van der Waals surface area contributed by atoms with Gasteiger partial charge in [-0.15, -0.1) is 5.10 Å². The Morgan fingerprint density at radius 2 is 2.07 bits per heavy atom. The van der Waals surface area contributed by atoms with E-state index in [0.717, 1.165) is 30.3 Å². The van der Waals surface area contributed by atoms with Gasteiger partial charge in [-0.05, 0) is 42.8 Å². The molecule has 9 heteroatoms. The van der Waals surface area contributed by atoms with E-state index in [9.17, 15) is 9.59 Å². The van der Waals surface area contributed by atoms with Crippen molar-refractivity contribution in [2.24, 2.45) is 5.73 Å². The lowest BCUT2D eigenvalue weighted by Crippen LogP contribution is -2.22. The SMILES string of the molecule is CCc1cc2cccc(Cl)c2c(=O)n1C1CC1.NC(=O)c1c(N)nn2cccnc12. The molecule has 0 bridgehead atoms. The maximum atomic E-state index is 12.5. The zero-order valence-corrected chi connectivity index (χ0v) is 17.1. The number of carbonyl (C=O) groups excluding carboxylic acids is 1. The van der Waals surface area contributed by atoms with Crippen LogP contribution in [0.15, 0.2) is 47.5 Å². The van der Waals surface area contributed by atoms with Crippen molar-refractivity contribution in [2.75, 3.05) is 5.73 Å². The van der Waals surface area contributed by atoms with Crippen LogP contribution in [0.2, 0.25) is 5.02 Å². The number of halogens is 1. The van der Waals surface area contributed by atoms with Crippen LogP contribution in [0.1, 0.15) is 41.9 Å². The van der Waals surface area contributed by atoms with Crippen LogP contribution in [0.3, 0.4) is 0 Å². The molecule has 0 atom stereocenters. The van der Waals surface area contributed by atoms with Gasteiger partial charge in [0, 0.05) is 24.1 Å². The van der Waals surface area contributed by atoms with Crippen LogP contribution < -0.4 is 17.0 Å². The van der Waals surface area contributed by atoms with Gasteiger partial charge in [0.15, 0.2) is 11.5 Å². The summed E-state index contributed by atoms with van der Waals surface area (Å²) in [4.78, 5) is 27.4. The number of benzene rings is 1. The van der Waals surface area contributed by atoms with Crippen molar-refractivity contribution >= 4 is 39.7 Å². The van der Waals surface area contributed by atoms with Crippen LogP contribution in [0.5, 0.6) is 0 Å². The van der Waals surface area contributed by atoms with E-state index in [0.29, 0.717) is 22.1 Å². The number of aryl methyl sites for hydroxylation is 1. The van der Waals surface area contributed by atoms with Crippen LogP contribution in [0, 0.1) is 0 Å². The molecule has 1 saturated carbocycles. The first-order valence-electron chi connectivity index (χ1n) is 9.63. The van der Waals surface area contributed by atoms with E-state index < -0.39 is 5.91 Å². The molecule has 0 unspecified atom stereocenters. The summed E-state index contributed by atoms with van der Waals surface area (Å²) in [7, 11) is 0. The van der Waals surface area contributed by atoms with Crippen LogP contribution >= 0.6 is 11.6 Å². The Bertz CT molecular complexity index is 1320. The van der Waals surface area contributed by atoms with E-state index in [2.05, 4.69) is 23.1 Å². The first-order valence-corrected chi connectivity index (χ1v) is 10.0. The van der Waals surface area contributed by atoms with E-state index in [1.807, 2.05) is 16.7 Å². The first-order chi connectivity index (χ1) is 14.4. The number of carbonyl (C=O) groups is 1. The third kappa shape index (κ3) is 3.50. The van der Waals surface area contributed by atoms with Crippen LogP contribution in [-0.2, 0) is 6.42 Å². The molecule has 0 spiro atoms. The van der Waals surface area contributed by atoms with Crippen molar-refractivity contribution in [2.45, 2.75) is 32.2 Å². The molecule has 154 valence electrons. The molecule has 3 heterocycles. The van der Waals surface area contributed by atoms with Gasteiger partial charge >= 0.3 is 0 Å². The molecular formula is C21H21ClN6O2. The Kier molecular flexibility index (Phi) is 5.17. The smallest absolute Gasteiger partial charge is 0.260 e. The molecule has 8 nitrogen and oxygen atoms in total. The Labute approximate surface area is 177 Å². The summed E-state index contributed by atoms with van der Waals surface area (Å²) >= 11 is 6.14. The third-order valence-corrected chi connectivity index (χ3v) is 5.37. The van der Waals surface area contributed by atoms with Gasteiger partial charge in [0.25, 0.3) is 11.5 Å². The fraction of sp³-hybridized carbons (Fsp3) is 0.238. The molecular weight excluding hydrogens is 404 g/mol. The van der Waals surface area contributed by atoms with Gasteiger partial charge in [-0.25, -0.2) is 9.50 Å². The highest BCUT2D eigenvalue weighted by Crippen LogP contribution is 2.35. The summed E-state index contributed by atoms with van der Waals surface area (Å²) in [6.07, 6.45) is 6.30. The summed E-state index contributed by atoms with van der Waals surface area (Å²) in [5, 5.41) is 6.05. The molecule has 1 fully saturated rings. The van der Waals surface area contributed by atoms with Gasteiger partial charge in [0.05, 0.1) is 10.4 Å². The van der Waals surface area contributed by atoms with Crippen LogP contribution in [-0.4, -0.2) is 25.1 Å². The molecule has 0 saturated heterocycles. The molecule has 1 amide bonds. The van der Waals surface area contributed by atoms with Gasteiger partial charge in [-0.3, -0.25) is 9.59 Å². The maximum Gasteiger partial charge on any atom is 0.260 e. The lowest BCUT2D eigenvalue weighted by molar-refractivity contribution is 0.100. The second-order valence-corrected chi connectivity index (χ2v) is 7.52. The number of nitrogens with two attached hydrogens (primary N) is 2. The highest BCUT2D eigenvalue weighted by Gasteiger charge is 2.27. The highest BCUT2D eigenvalue weighted by molar-refractivity contribution is 6.35. The number of anilines is 1. The second kappa shape index (κ2) is 7.79. The van der Waals surface area contributed by atoms with Crippen molar-refractivity contribution < 1.29 is 4.79 Å². The molecule has 0 radical (unpaired) electrons. The summed E-state index contributed by atoms with van der Waals surface area (Å²) in [6.45, 7) is 2.09. The Balaban J connectivity index is 0.000000151. The topological polar surface area (TPSA) is 121 Å². The second-order valence-electron chi connectivity index (χ2n) is 7.11. The fourth-order valence-corrected chi connectivity index (χ4v) is 3.80.